The van der Waals surface area contributed by atoms with E-state index >= 15 is 0 Å². The van der Waals surface area contributed by atoms with Crippen LogP contribution in [0.4, 0.5) is 0 Å². The number of carboxylic acid groups (broad SMARTS) is 1. The van der Waals surface area contributed by atoms with Crippen LogP contribution in [0.2, 0.25) is 0 Å². The molecule has 1 aromatic rings. The Bertz CT molecular complexity index is 748. The number of carboxylic acids is 1. The maximum absolute atomic E-state index is 12.8. The van der Waals surface area contributed by atoms with Crippen molar-refractivity contribution in [3.63, 3.8) is 0 Å². The van der Waals surface area contributed by atoms with E-state index in [2.05, 4.69) is 5.32 Å². The molecule has 4 atom stereocenters. The zero-order valence-corrected chi connectivity index (χ0v) is 14.9. The van der Waals surface area contributed by atoms with Crippen LogP contribution in [0.3, 0.4) is 0 Å². The van der Waals surface area contributed by atoms with E-state index in [1.54, 1.807) is 12.1 Å². The monoisotopic (exact) mass is 363 g/mol. The van der Waals surface area contributed by atoms with Gasteiger partial charge in [-0.2, -0.15) is 0 Å². The molecule has 3 rings (SSSR count). The molecular weight excluding hydrogens is 344 g/mol. The minimum Gasteiger partial charge on any atom is -0.548 e. The van der Waals surface area contributed by atoms with Crippen LogP contribution in [0.5, 0.6) is 0 Å². The van der Waals surface area contributed by atoms with Gasteiger partial charge < -0.3 is 25.2 Å². The number of rotatable bonds is 4. The maximum atomic E-state index is 12.8. The van der Waals surface area contributed by atoms with Gasteiger partial charge in [0.05, 0.1) is 18.1 Å². The van der Waals surface area contributed by atoms with Crippen molar-refractivity contribution in [2.24, 2.45) is 0 Å². The molecule has 134 valence electrons. The molecule has 0 saturated carbocycles. The Balaban J connectivity index is 1.93. The fourth-order valence-electron chi connectivity index (χ4n) is 3.41. The summed E-state index contributed by atoms with van der Waals surface area (Å²) in [6.07, 6.45) is -1.31. The normalized spacial score (nSPS) is 25.9. The fraction of sp³-hybridized carbons (Fsp3) is 0.471. The van der Waals surface area contributed by atoms with Gasteiger partial charge in [-0.3, -0.25) is 9.59 Å². The summed E-state index contributed by atoms with van der Waals surface area (Å²) in [4.78, 5) is 38.2. The average Bonchev–Trinajstić information content (AvgIpc) is 2.95. The first-order valence-corrected chi connectivity index (χ1v) is 8.82. The van der Waals surface area contributed by atoms with Gasteiger partial charge in [-0.25, -0.2) is 0 Å². The van der Waals surface area contributed by atoms with Crippen LogP contribution in [0, 0.1) is 0 Å². The number of hydrogen-bond donors (Lipinski definition) is 2. The van der Waals surface area contributed by atoms with Crippen LogP contribution >= 0.6 is 11.8 Å². The number of hydrogen-bond acceptors (Lipinski definition) is 6. The van der Waals surface area contributed by atoms with Crippen LogP contribution in [0.1, 0.15) is 42.1 Å². The number of nitrogens with one attached hydrogen (secondary N) is 1. The van der Waals surface area contributed by atoms with Gasteiger partial charge in [-0.1, -0.05) is 18.2 Å². The summed E-state index contributed by atoms with van der Waals surface area (Å²) in [5, 5.41) is 22.7. The molecule has 2 heterocycles. The second kappa shape index (κ2) is 6.03. The summed E-state index contributed by atoms with van der Waals surface area (Å²) < 4.78 is -0.618. The SMILES string of the molecule is C[C@@H](O)[C@@H](NC(=O)[C@H]1N2C(=O)c3ccccc3[C@@H]2SC1(C)C)C(=O)[O-]. The van der Waals surface area contributed by atoms with Crippen LogP contribution < -0.4 is 10.4 Å². The van der Waals surface area contributed by atoms with E-state index in [1.807, 2.05) is 26.0 Å². The molecule has 2 amide bonds. The molecule has 8 heteroatoms. The first kappa shape index (κ1) is 17.8. The smallest absolute Gasteiger partial charge is 0.256 e. The molecule has 25 heavy (non-hydrogen) atoms. The van der Waals surface area contributed by atoms with Crippen LogP contribution in [0.25, 0.3) is 0 Å². The van der Waals surface area contributed by atoms with Crippen molar-refractivity contribution in [1.29, 1.82) is 0 Å². The molecule has 0 unspecified atom stereocenters. The zero-order valence-electron chi connectivity index (χ0n) is 14.1. The first-order chi connectivity index (χ1) is 11.6. The van der Waals surface area contributed by atoms with E-state index in [0.717, 1.165) is 5.56 Å². The number of aliphatic hydroxyl groups is 1. The van der Waals surface area contributed by atoms with E-state index in [0.29, 0.717) is 5.56 Å². The predicted octanol–water partition coefficient (Wildman–Crippen LogP) is -0.349. The van der Waals surface area contributed by atoms with Gasteiger partial charge in [0.25, 0.3) is 5.91 Å². The lowest BCUT2D eigenvalue weighted by molar-refractivity contribution is -0.310. The highest BCUT2D eigenvalue weighted by Crippen LogP contribution is 2.56. The van der Waals surface area contributed by atoms with Crippen molar-refractivity contribution in [3.05, 3.63) is 35.4 Å². The van der Waals surface area contributed by atoms with Gasteiger partial charge in [0, 0.05) is 10.3 Å². The first-order valence-electron chi connectivity index (χ1n) is 7.94. The molecule has 1 fully saturated rings. The summed E-state index contributed by atoms with van der Waals surface area (Å²) in [5.41, 5.74) is 1.41. The number of nitrogens with zero attached hydrogens (tertiary/aromatic N) is 1. The van der Waals surface area contributed by atoms with E-state index in [9.17, 15) is 24.6 Å². The molecule has 2 N–H and O–H groups in total. The minimum absolute atomic E-state index is 0.249. The lowest BCUT2D eigenvalue weighted by Gasteiger charge is -2.32. The third kappa shape index (κ3) is 2.79. The molecule has 2 aliphatic heterocycles. The second-order valence-corrected chi connectivity index (χ2v) is 8.56. The molecule has 7 nitrogen and oxygen atoms in total. The quantitative estimate of drug-likeness (QED) is 0.757. The van der Waals surface area contributed by atoms with Crippen molar-refractivity contribution >= 4 is 29.5 Å². The van der Waals surface area contributed by atoms with Gasteiger partial charge in [-0.15, -0.1) is 11.8 Å². The minimum atomic E-state index is -1.57. The Morgan fingerprint density at radius 2 is 2.00 bits per heavy atom. The highest BCUT2D eigenvalue weighted by molar-refractivity contribution is 8.01. The molecule has 0 radical (unpaired) electrons. The van der Waals surface area contributed by atoms with Crippen LogP contribution in [0.15, 0.2) is 24.3 Å². The highest BCUT2D eigenvalue weighted by Gasteiger charge is 2.57. The molecule has 0 spiro atoms. The van der Waals surface area contributed by atoms with Gasteiger partial charge in [0.2, 0.25) is 5.91 Å². The number of carbonyl (C=O) groups excluding carboxylic acids is 3. The number of aliphatic hydroxyl groups excluding tert-OH is 1. The Morgan fingerprint density at radius 3 is 2.60 bits per heavy atom. The standard InChI is InChI=1S/C17H20N2O5S/c1-8(20)11(16(23)24)18-13(21)12-17(2,3)25-15-10-7-5-4-6-9(10)14(22)19(12)15/h4-8,11-12,15,20H,1-3H3,(H,18,21)(H,23,24)/p-1/t8-,11-,12-,15+/m1/s1. The van der Waals surface area contributed by atoms with Gasteiger partial charge in [0.15, 0.2) is 0 Å². The lowest BCUT2D eigenvalue weighted by atomic mass is 10.00. The summed E-state index contributed by atoms with van der Waals surface area (Å²) in [7, 11) is 0. The second-order valence-electron chi connectivity index (χ2n) is 6.82. The van der Waals surface area contributed by atoms with Crippen molar-refractivity contribution in [3.8, 4) is 0 Å². The lowest BCUT2D eigenvalue weighted by Crippen LogP contribution is -2.60. The van der Waals surface area contributed by atoms with E-state index < -0.39 is 34.8 Å². The predicted molar refractivity (Wildman–Crippen MR) is 89.4 cm³/mol. The number of carbonyl (C=O) groups is 3. The van der Waals surface area contributed by atoms with E-state index in [4.69, 9.17) is 0 Å². The number of benzene rings is 1. The van der Waals surface area contributed by atoms with Gasteiger partial charge in [-0.05, 0) is 32.4 Å². The Morgan fingerprint density at radius 1 is 1.36 bits per heavy atom. The summed E-state index contributed by atoms with van der Waals surface area (Å²) in [6.45, 7) is 4.94. The Kier molecular flexibility index (Phi) is 4.28. The van der Waals surface area contributed by atoms with Gasteiger partial charge in [0.1, 0.15) is 11.4 Å². The topological polar surface area (TPSA) is 110 Å². The maximum Gasteiger partial charge on any atom is 0.256 e. The molecule has 1 aromatic carbocycles. The molecule has 0 aromatic heterocycles. The number of thioether (sulfide) groups is 1. The molecule has 0 bridgehead atoms. The fourth-order valence-corrected chi connectivity index (χ4v) is 5.00. The summed E-state index contributed by atoms with van der Waals surface area (Å²) >= 11 is 1.48. The van der Waals surface area contributed by atoms with Crippen molar-refractivity contribution in [1.82, 2.24) is 10.2 Å². The van der Waals surface area contributed by atoms with E-state index in [1.165, 1.54) is 23.6 Å². The van der Waals surface area contributed by atoms with Crippen LogP contribution in [-0.2, 0) is 9.59 Å². The Hall–Kier alpha value is -2.06. The zero-order chi connectivity index (χ0) is 18.5. The number of amides is 2. The van der Waals surface area contributed by atoms with Crippen molar-refractivity contribution in [2.45, 2.75) is 49.1 Å². The van der Waals surface area contributed by atoms with E-state index in [-0.39, 0.29) is 11.3 Å². The van der Waals surface area contributed by atoms with Gasteiger partial charge >= 0.3 is 0 Å². The molecule has 0 aliphatic carbocycles. The Labute approximate surface area is 149 Å². The molecule has 2 aliphatic rings. The van der Waals surface area contributed by atoms with Crippen molar-refractivity contribution in [2.75, 3.05) is 0 Å². The third-order valence-corrected chi connectivity index (χ3v) is 6.11. The molecule has 1 saturated heterocycles. The number of fused-ring (bicyclic) bond motifs is 3. The van der Waals surface area contributed by atoms with Crippen molar-refractivity contribution < 1.29 is 24.6 Å². The average molecular weight is 363 g/mol. The third-order valence-electron chi connectivity index (χ3n) is 4.58. The summed E-state index contributed by atoms with van der Waals surface area (Å²) in [6, 6.07) is 4.80. The largest absolute Gasteiger partial charge is 0.548 e. The highest BCUT2D eigenvalue weighted by atomic mass is 32.2. The number of aliphatic carboxylic acids is 1. The van der Waals surface area contributed by atoms with Crippen LogP contribution in [-0.4, -0.2) is 50.7 Å². The summed E-state index contributed by atoms with van der Waals surface area (Å²) in [5.74, 6) is -2.43. The molecular formula is C17H19N2O5S-.